The topological polar surface area (TPSA) is 20.2 Å². The molecule has 0 saturated carbocycles. The fourth-order valence-corrected chi connectivity index (χ4v) is 3.08. The van der Waals surface area contributed by atoms with Crippen LogP contribution in [-0.4, -0.2) is 16.6 Å². The molecule has 0 radical (unpaired) electrons. The lowest BCUT2D eigenvalue weighted by molar-refractivity contribution is 0.130. The molecule has 0 aliphatic heterocycles. The van der Waals surface area contributed by atoms with Gasteiger partial charge in [0.05, 0.1) is 11.5 Å². The Morgan fingerprint density at radius 1 is 0.833 bits per heavy atom. The van der Waals surface area contributed by atoms with Gasteiger partial charge in [-0.1, -0.05) is 12.2 Å². The highest BCUT2D eigenvalue weighted by molar-refractivity contribution is 6.22. The summed E-state index contributed by atoms with van der Waals surface area (Å²) in [6, 6.07) is 0. The first-order valence-electron chi connectivity index (χ1n) is 5.31. The molecule has 18 heavy (non-hydrogen) atoms. The maximum Gasteiger partial charge on any atom is 0.197 e. The van der Waals surface area contributed by atoms with Crippen molar-refractivity contribution in [1.82, 2.24) is 0 Å². The van der Waals surface area contributed by atoms with Crippen LogP contribution in [0.5, 0.6) is 0 Å². The van der Waals surface area contributed by atoms with Gasteiger partial charge in [0, 0.05) is 23.0 Å². The van der Waals surface area contributed by atoms with Gasteiger partial charge in [-0.2, -0.15) is 0 Å². The molecule has 2 bridgehead atoms. The maximum atomic E-state index is 13.7. The molecule has 0 amide bonds. The van der Waals surface area contributed by atoms with E-state index < -0.39 is 46.6 Å². The van der Waals surface area contributed by atoms with Crippen LogP contribution >= 0.6 is 11.6 Å². The quantitative estimate of drug-likeness (QED) is 0.254. The van der Waals surface area contributed by atoms with Crippen molar-refractivity contribution >= 4 is 11.6 Å². The summed E-state index contributed by atoms with van der Waals surface area (Å²) in [6.07, 6.45) is 1.78. The van der Waals surface area contributed by atoms with Crippen LogP contribution in [0.1, 0.15) is 23.0 Å². The third-order valence-corrected chi connectivity index (χ3v) is 4.10. The summed E-state index contributed by atoms with van der Waals surface area (Å²) in [5.41, 5.74) is -0.618. The van der Waals surface area contributed by atoms with Crippen LogP contribution in [0.3, 0.4) is 0 Å². The predicted molar refractivity (Wildman–Crippen MR) is 56.5 cm³/mol. The minimum absolute atomic E-state index is 0.288. The van der Waals surface area contributed by atoms with Crippen molar-refractivity contribution in [2.45, 2.75) is 23.3 Å². The Morgan fingerprint density at radius 2 is 1.28 bits per heavy atom. The number of allylic oxidation sites excluding steroid dienone is 1. The monoisotopic (exact) mass is 278 g/mol. The number of aliphatic hydroxyl groups excluding tert-OH is 1. The molecule has 1 aromatic rings. The average molecular weight is 279 g/mol. The van der Waals surface area contributed by atoms with Gasteiger partial charge in [0.2, 0.25) is 0 Å². The lowest BCUT2D eigenvalue weighted by Crippen LogP contribution is -2.41. The van der Waals surface area contributed by atoms with Gasteiger partial charge in [-0.05, 0) is 0 Å². The molecule has 0 saturated heterocycles. The molecular weight excluding hydrogens is 272 g/mol. The summed E-state index contributed by atoms with van der Waals surface area (Å²) >= 11 is 5.90. The van der Waals surface area contributed by atoms with Gasteiger partial charge in [0.25, 0.3) is 0 Å². The third kappa shape index (κ3) is 1.26. The molecule has 96 valence electrons. The number of benzene rings is 1. The number of rotatable bonds is 0. The standard InChI is InChI=1S/C12H7ClF4O/c13-7-3-1-2-4(12(7)18)6-5(3)8(14)10(16)11(17)9(6)15/h1-4,7,12,18H/t3-,4+,7-,12+/m1/s1. The third-order valence-electron chi connectivity index (χ3n) is 3.57. The van der Waals surface area contributed by atoms with E-state index in [-0.39, 0.29) is 11.1 Å². The number of halogens is 5. The smallest absolute Gasteiger partial charge is 0.197 e. The maximum absolute atomic E-state index is 13.7. The molecular formula is C12H7ClF4O. The van der Waals surface area contributed by atoms with Gasteiger partial charge < -0.3 is 5.11 Å². The number of fused-ring (bicyclic) bond motifs is 1. The number of aliphatic hydroxyl groups is 1. The molecule has 1 aromatic carbocycles. The summed E-state index contributed by atoms with van der Waals surface area (Å²) in [5.74, 6) is -8.38. The first-order chi connectivity index (χ1) is 8.45. The fraction of sp³-hybridized carbons (Fsp3) is 0.333. The summed E-state index contributed by atoms with van der Waals surface area (Å²) < 4.78 is 53.8. The number of hydrogen-bond acceptors (Lipinski definition) is 1. The van der Waals surface area contributed by atoms with Crippen LogP contribution in [0.4, 0.5) is 17.6 Å². The molecule has 0 unspecified atom stereocenters. The Labute approximate surface area is 105 Å². The molecule has 0 heterocycles. The summed E-state index contributed by atoms with van der Waals surface area (Å²) in [4.78, 5) is 0. The Hall–Kier alpha value is -1.07. The second kappa shape index (κ2) is 3.71. The Balaban J connectivity index is 2.36. The van der Waals surface area contributed by atoms with E-state index in [2.05, 4.69) is 0 Å². The normalized spacial score (nSPS) is 32.8. The SMILES string of the molecule is O[C@@H]1[C@H](Cl)[C@@H]2C=C[C@H]1c1c(F)c(F)c(F)c(F)c12. The van der Waals surface area contributed by atoms with Crippen molar-refractivity contribution in [3.8, 4) is 0 Å². The Bertz CT molecular complexity index is 523. The van der Waals surface area contributed by atoms with E-state index in [9.17, 15) is 22.7 Å². The van der Waals surface area contributed by atoms with Gasteiger partial charge in [-0.3, -0.25) is 0 Å². The largest absolute Gasteiger partial charge is 0.391 e. The van der Waals surface area contributed by atoms with Crippen LogP contribution in [0.15, 0.2) is 12.2 Å². The molecule has 0 aromatic heterocycles. The van der Waals surface area contributed by atoms with Crippen LogP contribution in [-0.2, 0) is 0 Å². The van der Waals surface area contributed by atoms with E-state index in [0.29, 0.717) is 0 Å². The molecule has 3 aliphatic rings. The van der Waals surface area contributed by atoms with Gasteiger partial charge in [0.15, 0.2) is 23.3 Å². The van der Waals surface area contributed by atoms with E-state index in [1.165, 1.54) is 12.2 Å². The second-order valence-electron chi connectivity index (χ2n) is 4.45. The molecule has 1 nitrogen and oxygen atoms in total. The minimum atomic E-state index is -1.86. The number of alkyl halides is 1. The minimum Gasteiger partial charge on any atom is -0.391 e. The highest BCUT2D eigenvalue weighted by Crippen LogP contribution is 2.50. The molecule has 0 spiro atoms. The van der Waals surface area contributed by atoms with Crippen LogP contribution in [0.2, 0.25) is 0 Å². The first-order valence-corrected chi connectivity index (χ1v) is 5.75. The van der Waals surface area contributed by atoms with Gasteiger partial charge in [0.1, 0.15) is 0 Å². The van der Waals surface area contributed by atoms with Gasteiger partial charge >= 0.3 is 0 Å². The highest BCUT2D eigenvalue weighted by Gasteiger charge is 2.47. The summed E-state index contributed by atoms with van der Waals surface area (Å²) in [7, 11) is 0. The van der Waals surface area contributed by atoms with E-state index in [0.717, 1.165) is 0 Å². The summed E-state index contributed by atoms with van der Waals surface area (Å²) in [6.45, 7) is 0. The van der Waals surface area contributed by atoms with Crippen molar-refractivity contribution in [2.75, 3.05) is 0 Å². The zero-order valence-corrected chi connectivity index (χ0v) is 9.56. The van der Waals surface area contributed by atoms with Crippen molar-refractivity contribution in [3.05, 3.63) is 46.5 Å². The Kier molecular flexibility index (Phi) is 2.47. The van der Waals surface area contributed by atoms with Crippen LogP contribution < -0.4 is 0 Å². The van der Waals surface area contributed by atoms with E-state index in [1.807, 2.05) is 0 Å². The molecule has 0 fully saturated rings. The van der Waals surface area contributed by atoms with Gasteiger partial charge in [-0.25, -0.2) is 17.6 Å². The number of hydrogen-bond donors (Lipinski definition) is 1. The van der Waals surface area contributed by atoms with E-state index >= 15 is 0 Å². The fourth-order valence-electron chi connectivity index (χ4n) is 2.71. The zero-order chi connectivity index (χ0) is 13.2. The summed E-state index contributed by atoms with van der Waals surface area (Å²) in [5, 5.41) is 8.92. The van der Waals surface area contributed by atoms with Crippen molar-refractivity contribution < 1.29 is 22.7 Å². The molecule has 4 rings (SSSR count). The molecule has 1 N–H and O–H groups in total. The van der Waals surface area contributed by atoms with Crippen LogP contribution in [0, 0.1) is 23.3 Å². The van der Waals surface area contributed by atoms with Gasteiger partial charge in [-0.15, -0.1) is 11.6 Å². The highest BCUT2D eigenvalue weighted by atomic mass is 35.5. The molecule has 6 heteroatoms. The Morgan fingerprint density at radius 3 is 1.83 bits per heavy atom. The molecule has 3 aliphatic carbocycles. The van der Waals surface area contributed by atoms with E-state index in [1.54, 1.807) is 0 Å². The average Bonchev–Trinajstić information content (AvgIpc) is 2.38. The molecule has 4 atom stereocenters. The van der Waals surface area contributed by atoms with Crippen LogP contribution in [0.25, 0.3) is 0 Å². The zero-order valence-electron chi connectivity index (χ0n) is 8.80. The van der Waals surface area contributed by atoms with Crippen molar-refractivity contribution in [2.24, 2.45) is 0 Å². The lowest BCUT2D eigenvalue weighted by Gasteiger charge is -2.41. The predicted octanol–water partition coefficient (Wildman–Crippen LogP) is 2.96. The van der Waals surface area contributed by atoms with Crippen molar-refractivity contribution in [3.63, 3.8) is 0 Å². The van der Waals surface area contributed by atoms with E-state index in [4.69, 9.17) is 11.6 Å². The second-order valence-corrected chi connectivity index (χ2v) is 4.96. The van der Waals surface area contributed by atoms with Crippen molar-refractivity contribution in [1.29, 1.82) is 0 Å². The lowest BCUT2D eigenvalue weighted by atomic mass is 9.69. The first kappa shape index (κ1) is 12.0.